The van der Waals surface area contributed by atoms with Crippen LogP contribution in [-0.2, 0) is 20.8 Å². The van der Waals surface area contributed by atoms with Crippen LogP contribution in [0, 0.1) is 6.92 Å². The van der Waals surface area contributed by atoms with E-state index in [1.165, 1.54) is 45.8 Å². The maximum atomic E-state index is 12.7. The van der Waals surface area contributed by atoms with E-state index in [4.69, 9.17) is 0 Å². The number of nitrogens with one attached hydrogen (secondary N) is 1. The smallest absolute Gasteiger partial charge is 0.352 e. The molecule has 162 valence electrons. The monoisotopic (exact) mass is 478 g/mol. The van der Waals surface area contributed by atoms with Gasteiger partial charge in [0.15, 0.2) is 4.34 Å². The molecule has 2 aliphatic rings. The van der Waals surface area contributed by atoms with Crippen LogP contribution in [-0.4, -0.2) is 66.0 Å². The SMILES string of the molecule is Cc1nnc(SCC2=C(C(=O)O)N3C(=O)[C@@H](NC(=O)Cc4ccccc4O)[C@H]3SC2)s1. The molecule has 1 saturated heterocycles. The van der Waals surface area contributed by atoms with Crippen LogP contribution < -0.4 is 5.32 Å². The van der Waals surface area contributed by atoms with Gasteiger partial charge in [0.25, 0.3) is 5.91 Å². The Balaban J connectivity index is 1.43. The zero-order chi connectivity index (χ0) is 22.1. The predicted octanol–water partition coefficient (Wildman–Crippen LogP) is 1.63. The lowest BCUT2D eigenvalue weighted by Gasteiger charge is -2.49. The van der Waals surface area contributed by atoms with Gasteiger partial charge in [0.2, 0.25) is 5.91 Å². The van der Waals surface area contributed by atoms with E-state index in [9.17, 15) is 24.6 Å². The van der Waals surface area contributed by atoms with Crippen LogP contribution in [0.1, 0.15) is 10.6 Å². The normalized spacial score (nSPS) is 20.3. The molecule has 0 saturated carbocycles. The highest BCUT2D eigenvalue weighted by atomic mass is 32.2. The van der Waals surface area contributed by atoms with Gasteiger partial charge >= 0.3 is 5.97 Å². The number of thioether (sulfide) groups is 2. The van der Waals surface area contributed by atoms with Gasteiger partial charge in [-0.1, -0.05) is 41.3 Å². The molecule has 1 aromatic carbocycles. The van der Waals surface area contributed by atoms with Crippen molar-refractivity contribution in [2.45, 2.75) is 29.1 Å². The Hall–Kier alpha value is -2.57. The number of hydrogen-bond acceptors (Lipinski definition) is 9. The fourth-order valence-corrected chi connectivity index (χ4v) is 6.64. The zero-order valence-electron chi connectivity index (χ0n) is 16.3. The molecule has 12 heteroatoms. The van der Waals surface area contributed by atoms with Crippen molar-refractivity contribution in [1.29, 1.82) is 0 Å². The molecule has 2 amide bonds. The number of hydrogen-bond donors (Lipinski definition) is 3. The van der Waals surface area contributed by atoms with Crippen molar-refractivity contribution in [1.82, 2.24) is 20.4 Å². The number of aromatic nitrogens is 2. The van der Waals surface area contributed by atoms with Crippen LogP contribution in [0.4, 0.5) is 0 Å². The Morgan fingerprint density at radius 2 is 2.10 bits per heavy atom. The summed E-state index contributed by atoms with van der Waals surface area (Å²) in [5, 5.41) is 30.6. The minimum absolute atomic E-state index is 0.00937. The Morgan fingerprint density at radius 3 is 2.77 bits per heavy atom. The first kappa shape index (κ1) is 21.7. The van der Waals surface area contributed by atoms with Gasteiger partial charge in [0, 0.05) is 17.1 Å². The van der Waals surface area contributed by atoms with Crippen molar-refractivity contribution in [3.8, 4) is 5.75 Å². The standard InChI is InChI=1S/C19H18N4O5S3/c1-9-21-22-19(31-9)30-8-11-7-29-17-14(16(26)23(17)15(11)18(27)28)20-13(25)6-10-4-2-3-5-12(10)24/h2-5,14,17,24H,6-8H2,1H3,(H,20,25)(H,27,28)/t14-,17-/m1/s1. The van der Waals surface area contributed by atoms with Gasteiger partial charge in [-0.15, -0.1) is 22.0 Å². The molecule has 4 rings (SSSR count). The fraction of sp³-hybridized carbons (Fsp3) is 0.316. The van der Waals surface area contributed by atoms with Crippen molar-refractivity contribution in [3.05, 3.63) is 46.1 Å². The van der Waals surface area contributed by atoms with Crippen LogP contribution in [0.15, 0.2) is 39.9 Å². The molecule has 1 fully saturated rings. The largest absolute Gasteiger partial charge is 0.508 e. The Labute approximate surface area is 189 Å². The van der Waals surface area contributed by atoms with Crippen molar-refractivity contribution in [2.24, 2.45) is 0 Å². The number of aliphatic carboxylic acids is 1. The van der Waals surface area contributed by atoms with E-state index in [-0.39, 0.29) is 17.9 Å². The number of carbonyl (C=O) groups excluding carboxylic acids is 2. The summed E-state index contributed by atoms with van der Waals surface area (Å²) in [6.45, 7) is 1.84. The Bertz CT molecular complexity index is 1090. The Kier molecular flexibility index (Phi) is 6.21. The van der Waals surface area contributed by atoms with Gasteiger partial charge in [0.1, 0.15) is 27.9 Å². The summed E-state index contributed by atoms with van der Waals surface area (Å²) in [6.07, 6.45) is -0.0708. The van der Waals surface area contributed by atoms with Gasteiger partial charge in [-0.3, -0.25) is 14.5 Å². The third-order valence-corrected chi connectivity index (χ3v) is 8.18. The van der Waals surface area contributed by atoms with Crippen LogP contribution in [0.25, 0.3) is 0 Å². The molecule has 3 heterocycles. The number of rotatable bonds is 7. The highest BCUT2D eigenvalue weighted by Crippen LogP contribution is 2.41. The van der Waals surface area contributed by atoms with E-state index in [2.05, 4.69) is 15.5 Å². The van der Waals surface area contributed by atoms with Crippen molar-refractivity contribution in [2.75, 3.05) is 11.5 Å². The molecule has 0 spiro atoms. The molecule has 31 heavy (non-hydrogen) atoms. The highest BCUT2D eigenvalue weighted by Gasteiger charge is 2.54. The molecule has 0 radical (unpaired) electrons. The number of β-lactam (4-membered cyclic amide) rings is 1. The van der Waals surface area contributed by atoms with E-state index in [1.807, 2.05) is 6.92 Å². The molecule has 0 bridgehead atoms. The van der Waals surface area contributed by atoms with Crippen LogP contribution in [0.3, 0.4) is 0 Å². The lowest BCUT2D eigenvalue weighted by atomic mass is 10.0. The summed E-state index contributed by atoms with van der Waals surface area (Å²) in [5.41, 5.74) is 1.07. The van der Waals surface area contributed by atoms with E-state index in [0.29, 0.717) is 22.6 Å². The first-order valence-electron chi connectivity index (χ1n) is 9.24. The number of amides is 2. The average Bonchev–Trinajstić information content (AvgIpc) is 3.16. The number of phenols is 1. The maximum Gasteiger partial charge on any atom is 0.352 e. The molecule has 0 unspecified atom stereocenters. The lowest BCUT2D eigenvalue weighted by molar-refractivity contribution is -0.150. The summed E-state index contributed by atoms with van der Waals surface area (Å²) in [4.78, 5) is 38.3. The fourth-order valence-electron chi connectivity index (χ4n) is 3.34. The molecule has 2 atom stereocenters. The number of benzene rings is 1. The minimum Gasteiger partial charge on any atom is -0.508 e. The molecule has 0 aliphatic carbocycles. The summed E-state index contributed by atoms with van der Waals surface area (Å²) >= 11 is 4.24. The van der Waals surface area contributed by atoms with Gasteiger partial charge in [-0.05, 0) is 18.6 Å². The van der Waals surface area contributed by atoms with Crippen molar-refractivity contribution in [3.63, 3.8) is 0 Å². The van der Waals surface area contributed by atoms with Crippen molar-refractivity contribution < 1.29 is 24.6 Å². The predicted molar refractivity (Wildman–Crippen MR) is 117 cm³/mol. The number of para-hydroxylation sites is 1. The van der Waals surface area contributed by atoms with Crippen LogP contribution >= 0.6 is 34.9 Å². The van der Waals surface area contributed by atoms with Crippen LogP contribution in [0.5, 0.6) is 5.75 Å². The molecular formula is C19H18N4O5S3. The number of carboxylic acids is 1. The number of nitrogens with zero attached hydrogens (tertiary/aromatic N) is 3. The number of aryl methyl sites for hydroxylation is 1. The van der Waals surface area contributed by atoms with E-state index >= 15 is 0 Å². The topological polar surface area (TPSA) is 133 Å². The molecule has 9 nitrogen and oxygen atoms in total. The number of carbonyl (C=O) groups is 3. The molecule has 3 N–H and O–H groups in total. The minimum atomic E-state index is -1.17. The summed E-state index contributed by atoms with van der Waals surface area (Å²) in [6, 6.07) is 5.70. The quantitative estimate of drug-likeness (QED) is 0.401. The first-order chi connectivity index (χ1) is 14.8. The number of aromatic hydroxyl groups is 1. The molecule has 1 aromatic heterocycles. The van der Waals surface area contributed by atoms with Gasteiger partial charge in [-0.25, -0.2) is 4.79 Å². The second-order valence-corrected chi connectivity index (χ2v) is 10.4. The van der Waals surface area contributed by atoms with Gasteiger partial charge in [-0.2, -0.15) is 0 Å². The maximum absolute atomic E-state index is 12.7. The third-order valence-electron chi connectivity index (χ3n) is 4.79. The molecule has 2 aromatic rings. The number of carboxylic acid groups (broad SMARTS) is 1. The average molecular weight is 479 g/mol. The second kappa shape index (κ2) is 8.89. The van der Waals surface area contributed by atoms with Crippen molar-refractivity contribution >= 4 is 52.6 Å². The number of phenolic OH excluding ortho intramolecular Hbond substituents is 1. The first-order valence-corrected chi connectivity index (χ1v) is 12.1. The van der Waals surface area contributed by atoms with E-state index < -0.39 is 29.2 Å². The van der Waals surface area contributed by atoms with Gasteiger partial charge < -0.3 is 15.5 Å². The van der Waals surface area contributed by atoms with Crippen LogP contribution in [0.2, 0.25) is 0 Å². The second-order valence-electron chi connectivity index (χ2n) is 6.89. The third kappa shape index (κ3) is 4.41. The summed E-state index contributed by atoms with van der Waals surface area (Å²) in [5.74, 6) is -1.18. The lowest BCUT2D eigenvalue weighted by Crippen LogP contribution is -2.70. The summed E-state index contributed by atoms with van der Waals surface area (Å²) < 4.78 is 0.742. The molecular weight excluding hydrogens is 460 g/mol. The van der Waals surface area contributed by atoms with E-state index in [0.717, 1.165) is 9.35 Å². The van der Waals surface area contributed by atoms with Gasteiger partial charge in [0.05, 0.1) is 6.42 Å². The zero-order valence-corrected chi connectivity index (χ0v) is 18.7. The Morgan fingerprint density at radius 1 is 1.32 bits per heavy atom. The van der Waals surface area contributed by atoms with E-state index in [1.54, 1.807) is 18.2 Å². The molecule has 2 aliphatic heterocycles. The summed E-state index contributed by atoms with van der Waals surface area (Å²) in [7, 11) is 0. The number of fused-ring (bicyclic) bond motifs is 1. The highest BCUT2D eigenvalue weighted by molar-refractivity contribution is 8.01.